The van der Waals surface area contributed by atoms with Gasteiger partial charge < -0.3 is 0 Å². The first-order chi connectivity index (χ1) is 8.20. The Kier molecular flexibility index (Phi) is 2.46. The molecular weight excluding hydrogens is 255 g/mol. The van der Waals surface area contributed by atoms with E-state index in [1.165, 1.54) is 0 Å². The fourth-order valence-corrected chi connectivity index (χ4v) is 2.86. The summed E-state index contributed by atoms with van der Waals surface area (Å²) in [7, 11) is 0. The molecule has 1 nitrogen and oxygen atoms in total. The second-order valence-electron chi connectivity index (χ2n) is 3.98. The summed E-state index contributed by atoms with van der Waals surface area (Å²) in [6.07, 6.45) is 0. The van der Waals surface area contributed by atoms with Gasteiger partial charge in [-0.15, -0.1) is 11.6 Å². The van der Waals surface area contributed by atoms with Crippen molar-refractivity contribution in [2.45, 2.75) is 5.38 Å². The number of alkyl halides is 1. The van der Waals surface area contributed by atoms with E-state index in [-0.39, 0.29) is 11.2 Å². The van der Waals surface area contributed by atoms with Crippen LogP contribution in [0, 0.1) is 0 Å². The van der Waals surface area contributed by atoms with Crippen LogP contribution in [0.2, 0.25) is 5.02 Å². The predicted molar refractivity (Wildman–Crippen MR) is 69.0 cm³/mol. The third-order valence-corrected chi connectivity index (χ3v) is 3.81. The maximum absolute atomic E-state index is 12.3. The lowest BCUT2D eigenvalue weighted by molar-refractivity contribution is 0.103. The van der Waals surface area contributed by atoms with Crippen LogP contribution in [0.3, 0.4) is 0 Å². The third kappa shape index (κ3) is 1.50. The number of benzene rings is 2. The van der Waals surface area contributed by atoms with Crippen molar-refractivity contribution in [2.75, 3.05) is 0 Å². The van der Waals surface area contributed by atoms with Gasteiger partial charge in [-0.3, -0.25) is 4.79 Å². The van der Waals surface area contributed by atoms with Crippen LogP contribution in [-0.2, 0) is 0 Å². The Balaban J connectivity index is 2.33. The van der Waals surface area contributed by atoms with E-state index < -0.39 is 0 Å². The van der Waals surface area contributed by atoms with Gasteiger partial charge in [0, 0.05) is 11.1 Å². The van der Waals surface area contributed by atoms with Crippen LogP contribution in [0.25, 0.3) is 0 Å². The minimum Gasteiger partial charge on any atom is -0.289 e. The molecule has 2 aromatic rings. The Hall–Kier alpha value is -1.31. The summed E-state index contributed by atoms with van der Waals surface area (Å²) in [6.45, 7) is 0. The van der Waals surface area contributed by atoms with Gasteiger partial charge in [0.05, 0.1) is 10.4 Å². The zero-order chi connectivity index (χ0) is 12.0. The summed E-state index contributed by atoms with van der Waals surface area (Å²) < 4.78 is 0. The van der Waals surface area contributed by atoms with E-state index >= 15 is 0 Å². The molecule has 0 fully saturated rings. The second-order valence-corrected chi connectivity index (χ2v) is 4.83. The molecule has 3 rings (SSSR count). The summed E-state index contributed by atoms with van der Waals surface area (Å²) in [5, 5.41) is 0.158. The van der Waals surface area contributed by atoms with Gasteiger partial charge in [0.1, 0.15) is 0 Å². The van der Waals surface area contributed by atoms with Gasteiger partial charge in [0.25, 0.3) is 0 Å². The quantitative estimate of drug-likeness (QED) is 0.650. The van der Waals surface area contributed by atoms with Crippen molar-refractivity contribution >= 4 is 29.0 Å². The molecule has 1 aliphatic carbocycles. The highest BCUT2D eigenvalue weighted by atomic mass is 35.5. The summed E-state index contributed by atoms with van der Waals surface area (Å²) >= 11 is 12.5. The summed E-state index contributed by atoms with van der Waals surface area (Å²) in [5.74, 6) is -0.0434. The van der Waals surface area contributed by atoms with Crippen LogP contribution in [0.1, 0.15) is 32.4 Å². The number of ketones is 1. The molecule has 0 bridgehead atoms. The Morgan fingerprint density at radius 3 is 2.47 bits per heavy atom. The lowest BCUT2D eigenvalue weighted by atomic mass is 9.85. The average molecular weight is 263 g/mol. The van der Waals surface area contributed by atoms with Crippen molar-refractivity contribution in [3.63, 3.8) is 0 Å². The number of carbonyl (C=O) groups is 1. The molecule has 84 valence electrons. The minimum atomic E-state index is -0.308. The Labute approximate surface area is 109 Å². The van der Waals surface area contributed by atoms with Crippen LogP contribution in [-0.4, -0.2) is 5.78 Å². The smallest absolute Gasteiger partial charge is 0.195 e. The lowest BCUT2D eigenvalue weighted by Gasteiger charge is -2.23. The molecule has 0 heterocycles. The molecule has 3 heteroatoms. The topological polar surface area (TPSA) is 17.1 Å². The molecule has 0 radical (unpaired) electrons. The van der Waals surface area contributed by atoms with Crippen LogP contribution in [0.5, 0.6) is 0 Å². The maximum Gasteiger partial charge on any atom is 0.195 e. The number of hydrogen-bond acceptors (Lipinski definition) is 1. The molecule has 1 unspecified atom stereocenters. The molecule has 0 amide bonds. The number of rotatable bonds is 0. The maximum atomic E-state index is 12.3. The largest absolute Gasteiger partial charge is 0.289 e. The van der Waals surface area contributed by atoms with E-state index in [0.29, 0.717) is 16.1 Å². The van der Waals surface area contributed by atoms with E-state index in [4.69, 9.17) is 23.2 Å². The van der Waals surface area contributed by atoms with Gasteiger partial charge in [0.2, 0.25) is 0 Å². The molecule has 1 aliphatic rings. The highest BCUT2D eigenvalue weighted by Gasteiger charge is 2.30. The van der Waals surface area contributed by atoms with Gasteiger partial charge in [-0.05, 0) is 17.2 Å². The Morgan fingerprint density at radius 2 is 1.65 bits per heavy atom. The van der Waals surface area contributed by atoms with E-state index in [9.17, 15) is 4.79 Å². The van der Waals surface area contributed by atoms with E-state index in [1.807, 2.05) is 30.3 Å². The van der Waals surface area contributed by atoms with Crippen molar-refractivity contribution in [3.05, 3.63) is 69.7 Å². The van der Waals surface area contributed by atoms with Crippen molar-refractivity contribution < 1.29 is 4.79 Å². The predicted octanol–water partition coefficient (Wildman–Crippen LogP) is 4.21. The first kappa shape index (κ1) is 10.8. The van der Waals surface area contributed by atoms with E-state index in [0.717, 1.165) is 11.1 Å². The molecular formula is C14H8Cl2O. The molecule has 0 saturated carbocycles. The monoisotopic (exact) mass is 262 g/mol. The van der Waals surface area contributed by atoms with Crippen LogP contribution in [0.4, 0.5) is 0 Å². The molecule has 0 saturated heterocycles. The molecule has 17 heavy (non-hydrogen) atoms. The van der Waals surface area contributed by atoms with Gasteiger partial charge in [0.15, 0.2) is 5.78 Å². The van der Waals surface area contributed by atoms with Crippen molar-refractivity contribution in [3.8, 4) is 0 Å². The van der Waals surface area contributed by atoms with Gasteiger partial charge >= 0.3 is 0 Å². The highest BCUT2D eigenvalue weighted by molar-refractivity contribution is 6.36. The molecule has 2 aromatic carbocycles. The fourth-order valence-electron chi connectivity index (χ4n) is 2.22. The SMILES string of the molecule is O=C1c2ccccc2C(Cl)c2cccc(Cl)c21. The molecule has 0 aliphatic heterocycles. The second kappa shape index (κ2) is 3.86. The van der Waals surface area contributed by atoms with Crippen molar-refractivity contribution in [2.24, 2.45) is 0 Å². The normalized spacial score (nSPS) is 17.5. The van der Waals surface area contributed by atoms with E-state index in [1.54, 1.807) is 12.1 Å². The first-order valence-electron chi connectivity index (χ1n) is 5.26. The molecule has 0 aromatic heterocycles. The number of halogens is 2. The lowest BCUT2D eigenvalue weighted by Crippen LogP contribution is -2.17. The van der Waals surface area contributed by atoms with Gasteiger partial charge in [-0.25, -0.2) is 0 Å². The van der Waals surface area contributed by atoms with E-state index in [2.05, 4.69) is 0 Å². The number of hydrogen-bond donors (Lipinski definition) is 0. The summed E-state index contributed by atoms with van der Waals surface area (Å²) in [4.78, 5) is 12.3. The molecule has 1 atom stereocenters. The average Bonchev–Trinajstić information content (AvgIpc) is 2.36. The van der Waals surface area contributed by atoms with Crippen molar-refractivity contribution in [1.82, 2.24) is 0 Å². The fraction of sp³-hybridized carbons (Fsp3) is 0.0714. The van der Waals surface area contributed by atoms with Crippen molar-refractivity contribution in [1.29, 1.82) is 0 Å². The standard InChI is InChI=1S/C14H8Cl2O/c15-11-7-3-6-10-12(11)14(17)9-5-2-1-4-8(9)13(10)16/h1-7,13H. The zero-order valence-electron chi connectivity index (χ0n) is 8.78. The molecule has 0 N–H and O–H groups in total. The number of fused-ring (bicyclic) bond motifs is 2. The summed E-state index contributed by atoms with van der Waals surface area (Å²) in [5.41, 5.74) is 2.83. The first-order valence-corrected chi connectivity index (χ1v) is 6.07. The zero-order valence-corrected chi connectivity index (χ0v) is 10.3. The highest BCUT2D eigenvalue weighted by Crippen LogP contribution is 2.41. The van der Waals surface area contributed by atoms with Crippen LogP contribution in [0.15, 0.2) is 42.5 Å². The Morgan fingerprint density at radius 1 is 0.941 bits per heavy atom. The van der Waals surface area contributed by atoms with Crippen LogP contribution < -0.4 is 0 Å². The summed E-state index contributed by atoms with van der Waals surface area (Å²) in [6, 6.07) is 12.8. The Bertz CT molecular complexity index is 619. The van der Waals surface area contributed by atoms with Crippen LogP contribution >= 0.6 is 23.2 Å². The van der Waals surface area contributed by atoms with Gasteiger partial charge in [-0.1, -0.05) is 48.0 Å². The number of carbonyl (C=O) groups excluding carboxylic acids is 1. The molecule has 0 spiro atoms. The van der Waals surface area contributed by atoms with Gasteiger partial charge in [-0.2, -0.15) is 0 Å². The third-order valence-electron chi connectivity index (χ3n) is 3.02. The minimum absolute atomic E-state index is 0.0434.